The zero-order valence-corrected chi connectivity index (χ0v) is 14.4. The number of ketones is 3. The van der Waals surface area contributed by atoms with Crippen LogP contribution in [0.2, 0.25) is 0 Å². The smallest absolute Gasteiger partial charge is 0.316 e. The lowest BCUT2D eigenvalue weighted by Crippen LogP contribution is -2.22. The van der Waals surface area contributed by atoms with Crippen LogP contribution in [-0.2, 0) is 19.1 Å². The number of esters is 2. The molecule has 0 saturated heterocycles. The van der Waals surface area contributed by atoms with Crippen LogP contribution in [0.3, 0.4) is 0 Å². The maximum atomic E-state index is 12.5. The van der Waals surface area contributed by atoms with E-state index in [0.717, 1.165) is 13.0 Å². The summed E-state index contributed by atoms with van der Waals surface area (Å²) in [6, 6.07) is 7.40. The first-order valence-electron chi connectivity index (χ1n) is 8.00. The van der Waals surface area contributed by atoms with Gasteiger partial charge in [0.05, 0.1) is 5.56 Å². The molecule has 1 aliphatic carbocycles. The van der Waals surface area contributed by atoms with E-state index in [0.29, 0.717) is 0 Å². The van der Waals surface area contributed by atoms with E-state index < -0.39 is 42.0 Å². The SMILES string of the molecule is CC(=O)OC(C)OC(=O)CC(=O)c1cc2c(o1)C(=O)c1ccccc1C2=O. The van der Waals surface area contributed by atoms with Gasteiger partial charge in [-0.2, -0.15) is 0 Å². The second kappa shape index (κ2) is 6.99. The summed E-state index contributed by atoms with van der Waals surface area (Å²) in [5.74, 6) is -3.83. The minimum Gasteiger partial charge on any atom is -0.449 e. The predicted molar refractivity (Wildman–Crippen MR) is 88.3 cm³/mol. The number of carbonyl (C=O) groups excluding carboxylic acids is 5. The van der Waals surface area contributed by atoms with Gasteiger partial charge >= 0.3 is 11.9 Å². The topological polar surface area (TPSA) is 117 Å². The number of Topliss-reactive ketones (excluding diaryl/α,β-unsaturated/α-hetero) is 1. The van der Waals surface area contributed by atoms with E-state index in [1.807, 2.05) is 0 Å². The fraction of sp³-hybridized carbons (Fsp3) is 0.211. The zero-order valence-electron chi connectivity index (χ0n) is 14.4. The van der Waals surface area contributed by atoms with E-state index in [1.165, 1.54) is 19.1 Å². The standard InChI is InChI=1S/C19H14O8/c1-9(20)25-10(2)26-16(22)8-14(21)15-7-13-17(23)11-5-3-4-6-12(11)18(24)19(13)27-15/h3-7,10H,8H2,1-2H3. The van der Waals surface area contributed by atoms with Gasteiger partial charge in [-0.1, -0.05) is 24.3 Å². The van der Waals surface area contributed by atoms with Gasteiger partial charge in [0.25, 0.3) is 0 Å². The number of hydrogen-bond acceptors (Lipinski definition) is 8. The van der Waals surface area contributed by atoms with E-state index in [-0.39, 0.29) is 28.2 Å². The molecule has 0 spiro atoms. The number of carbonyl (C=O) groups is 5. The van der Waals surface area contributed by atoms with Gasteiger partial charge in [0.1, 0.15) is 6.42 Å². The summed E-state index contributed by atoms with van der Waals surface area (Å²) in [6.45, 7) is 2.47. The van der Waals surface area contributed by atoms with Crippen LogP contribution < -0.4 is 0 Å². The number of benzene rings is 1. The molecule has 0 bridgehead atoms. The van der Waals surface area contributed by atoms with Gasteiger partial charge in [0.15, 0.2) is 17.3 Å². The monoisotopic (exact) mass is 370 g/mol. The third kappa shape index (κ3) is 3.55. The van der Waals surface area contributed by atoms with Crippen molar-refractivity contribution in [2.24, 2.45) is 0 Å². The molecule has 1 unspecified atom stereocenters. The molecule has 1 aromatic carbocycles. The van der Waals surface area contributed by atoms with E-state index in [1.54, 1.807) is 12.1 Å². The van der Waals surface area contributed by atoms with E-state index >= 15 is 0 Å². The van der Waals surface area contributed by atoms with Crippen LogP contribution in [0.1, 0.15) is 62.9 Å². The number of ether oxygens (including phenoxy) is 2. The van der Waals surface area contributed by atoms with Crippen molar-refractivity contribution in [1.82, 2.24) is 0 Å². The minimum absolute atomic E-state index is 0.0244. The average Bonchev–Trinajstić information content (AvgIpc) is 3.04. The first-order chi connectivity index (χ1) is 12.8. The Balaban J connectivity index is 1.77. The molecule has 1 atom stereocenters. The molecular weight excluding hydrogens is 356 g/mol. The van der Waals surface area contributed by atoms with Crippen molar-refractivity contribution in [2.45, 2.75) is 26.6 Å². The molecule has 0 amide bonds. The van der Waals surface area contributed by atoms with Gasteiger partial charge in [-0.05, 0) is 6.07 Å². The normalized spacial score (nSPS) is 13.4. The second-order valence-electron chi connectivity index (χ2n) is 5.82. The highest BCUT2D eigenvalue weighted by atomic mass is 16.7. The van der Waals surface area contributed by atoms with Crippen LogP contribution in [0.4, 0.5) is 0 Å². The van der Waals surface area contributed by atoms with Crippen molar-refractivity contribution in [2.75, 3.05) is 0 Å². The Hall–Kier alpha value is -3.55. The van der Waals surface area contributed by atoms with Crippen LogP contribution in [0, 0.1) is 0 Å². The Morgan fingerprint density at radius 2 is 1.63 bits per heavy atom. The van der Waals surface area contributed by atoms with Crippen LogP contribution >= 0.6 is 0 Å². The highest BCUT2D eigenvalue weighted by Crippen LogP contribution is 2.30. The summed E-state index contributed by atoms with van der Waals surface area (Å²) in [4.78, 5) is 59.7. The summed E-state index contributed by atoms with van der Waals surface area (Å²) in [5.41, 5.74) is 0.395. The van der Waals surface area contributed by atoms with Crippen LogP contribution in [-0.4, -0.2) is 35.6 Å². The van der Waals surface area contributed by atoms with Gasteiger partial charge in [-0.15, -0.1) is 0 Å². The third-order valence-corrected chi connectivity index (χ3v) is 3.81. The molecule has 0 fully saturated rings. The Labute approximate surface area is 153 Å². The van der Waals surface area contributed by atoms with Crippen molar-refractivity contribution in [1.29, 1.82) is 0 Å². The molecule has 27 heavy (non-hydrogen) atoms. The van der Waals surface area contributed by atoms with Gasteiger partial charge < -0.3 is 13.9 Å². The lowest BCUT2D eigenvalue weighted by atomic mass is 9.88. The lowest BCUT2D eigenvalue weighted by Gasteiger charge is -2.12. The highest BCUT2D eigenvalue weighted by molar-refractivity contribution is 6.28. The first-order valence-corrected chi connectivity index (χ1v) is 8.00. The van der Waals surface area contributed by atoms with E-state index in [2.05, 4.69) is 4.74 Å². The van der Waals surface area contributed by atoms with Crippen LogP contribution in [0.25, 0.3) is 0 Å². The highest BCUT2D eigenvalue weighted by Gasteiger charge is 2.34. The summed E-state index contributed by atoms with van der Waals surface area (Å²) in [6.07, 6.45) is -1.85. The summed E-state index contributed by atoms with van der Waals surface area (Å²) < 4.78 is 14.7. The van der Waals surface area contributed by atoms with Gasteiger partial charge in [0, 0.05) is 25.0 Å². The molecule has 1 aliphatic rings. The predicted octanol–water partition coefficient (Wildman–Crippen LogP) is 2.08. The molecule has 0 saturated carbocycles. The molecule has 8 heteroatoms. The molecule has 0 radical (unpaired) electrons. The fourth-order valence-electron chi connectivity index (χ4n) is 2.72. The largest absolute Gasteiger partial charge is 0.449 e. The van der Waals surface area contributed by atoms with Crippen LogP contribution in [0.15, 0.2) is 34.7 Å². The molecular formula is C19H14O8. The third-order valence-electron chi connectivity index (χ3n) is 3.81. The molecule has 3 rings (SSSR count). The number of fused-ring (bicyclic) bond motifs is 2. The average molecular weight is 370 g/mol. The number of hydrogen-bond donors (Lipinski definition) is 0. The second-order valence-corrected chi connectivity index (χ2v) is 5.82. The Morgan fingerprint density at radius 3 is 2.26 bits per heavy atom. The molecule has 2 aromatic rings. The molecule has 0 N–H and O–H groups in total. The molecule has 0 aliphatic heterocycles. The fourth-order valence-corrected chi connectivity index (χ4v) is 2.72. The van der Waals surface area contributed by atoms with Crippen molar-refractivity contribution in [3.05, 3.63) is 58.5 Å². The Kier molecular flexibility index (Phi) is 4.72. The van der Waals surface area contributed by atoms with Gasteiger partial charge in [-0.25, -0.2) is 0 Å². The van der Waals surface area contributed by atoms with Gasteiger partial charge in [-0.3, -0.25) is 24.0 Å². The first kappa shape index (κ1) is 18.2. The number of furan rings is 1. The Bertz CT molecular complexity index is 929. The van der Waals surface area contributed by atoms with Crippen molar-refractivity contribution in [3.63, 3.8) is 0 Å². The Morgan fingerprint density at radius 1 is 1.00 bits per heavy atom. The van der Waals surface area contributed by atoms with Crippen molar-refractivity contribution >= 4 is 29.3 Å². The summed E-state index contributed by atoms with van der Waals surface area (Å²) in [7, 11) is 0. The quantitative estimate of drug-likeness (QED) is 0.290. The minimum atomic E-state index is -1.15. The van der Waals surface area contributed by atoms with E-state index in [9.17, 15) is 24.0 Å². The summed E-state index contributed by atoms with van der Waals surface area (Å²) in [5, 5.41) is 0. The van der Waals surface area contributed by atoms with Crippen molar-refractivity contribution in [3.8, 4) is 0 Å². The van der Waals surface area contributed by atoms with E-state index in [4.69, 9.17) is 9.15 Å². The lowest BCUT2D eigenvalue weighted by molar-refractivity contribution is -0.182. The molecule has 1 aromatic heterocycles. The summed E-state index contributed by atoms with van der Waals surface area (Å²) >= 11 is 0. The molecule has 8 nitrogen and oxygen atoms in total. The number of rotatable bonds is 5. The maximum Gasteiger partial charge on any atom is 0.316 e. The van der Waals surface area contributed by atoms with Crippen molar-refractivity contribution < 1.29 is 37.9 Å². The molecule has 138 valence electrons. The van der Waals surface area contributed by atoms with Crippen LogP contribution in [0.5, 0.6) is 0 Å². The van der Waals surface area contributed by atoms with Gasteiger partial charge in [0.2, 0.25) is 17.9 Å². The molecule has 1 heterocycles. The zero-order chi connectivity index (χ0) is 19.7. The maximum absolute atomic E-state index is 12.5.